The van der Waals surface area contributed by atoms with Crippen molar-refractivity contribution in [2.75, 3.05) is 6.61 Å². The Hall–Kier alpha value is -1.03. The molecule has 0 aromatic heterocycles. The minimum absolute atomic E-state index is 0.210. The lowest BCUT2D eigenvalue weighted by Crippen LogP contribution is -2.05. The van der Waals surface area contributed by atoms with Crippen molar-refractivity contribution < 1.29 is 14.6 Å². The zero-order valence-electron chi connectivity index (χ0n) is 12.0. The first kappa shape index (κ1) is 17.0. The second-order valence-corrected chi connectivity index (χ2v) is 5.75. The van der Waals surface area contributed by atoms with E-state index in [4.69, 9.17) is 9.84 Å². The molecule has 0 spiro atoms. The van der Waals surface area contributed by atoms with Crippen molar-refractivity contribution in [3.05, 3.63) is 28.2 Å². The highest BCUT2D eigenvalue weighted by atomic mass is 79.9. The summed E-state index contributed by atoms with van der Waals surface area (Å²) < 4.78 is 6.32. The number of unbranched alkanes of at least 4 members (excludes halogenated alkanes) is 6. The van der Waals surface area contributed by atoms with Crippen molar-refractivity contribution in [3.8, 4) is 5.75 Å². The van der Waals surface area contributed by atoms with E-state index in [9.17, 15) is 4.79 Å². The number of carboxylic acid groups (broad SMARTS) is 1. The van der Waals surface area contributed by atoms with Gasteiger partial charge in [0.15, 0.2) is 0 Å². The van der Waals surface area contributed by atoms with E-state index in [2.05, 4.69) is 22.9 Å². The molecule has 0 saturated heterocycles. The molecule has 112 valence electrons. The van der Waals surface area contributed by atoms with Crippen LogP contribution in [0.25, 0.3) is 0 Å². The summed E-state index contributed by atoms with van der Waals surface area (Å²) in [4.78, 5) is 11.1. The summed E-state index contributed by atoms with van der Waals surface area (Å²) >= 11 is 3.34. The van der Waals surface area contributed by atoms with Crippen LogP contribution in [0.3, 0.4) is 0 Å². The van der Waals surface area contributed by atoms with E-state index in [1.807, 2.05) is 0 Å². The fraction of sp³-hybridized carbons (Fsp3) is 0.562. The van der Waals surface area contributed by atoms with Gasteiger partial charge in [0.25, 0.3) is 0 Å². The number of hydrogen-bond acceptors (Lipinski definition) is 2. The number of para-hydroxylation sites is 1. The molecule has 1 N–H and O–H groups in total. The highest BCUT2D eigenvalue weighted by Gasteiger charge is 2.13. The second-order valence-electron chi connectivity index (χ2n) is 4.89. The Balaban J connectivity index is 2.30. The van der Waals surface area contributed by atoms with Gasteiger partial charge in [-0.3, -0.25) is 0 Å². The van der Waals surface area contributed by atoms with Crippen LogP contribution in [0.15, 0.2) is 22.7 Å². The van der Waals surface area contributed by atoms with Gasteiger partial charge in [-0.1, -0.05) is 51.5 Å². The highest BCUT2D eigenvalue weighted by Crippen LogP contribution is 2.29. The maximum Gasteiger partial charge on any atom is 0.339 e. The Morgan fingerprint density at radius 3 is 2.45 bits per heavy atom. The Morgan fingerprint density at radius 1 is 1.15 bits per heavy atom. The van der Waals surface area contributed by atoms with Crippen LogP contribution < -0.4 is 4.74 Å². The molecule has 1 aromatic rings. The van der Waals surface area contributed by atoms with Crippen LogP contribution >= 0.6 is 15.9 Å². The molecule has 0 fully saturated rings. The quantitative estimate of drug-likeness (QED) is 0.588. The first-order valence-electron chi connectivity index (χ1n) is 7.31. The van der Waals surface area contributed by atoms with E-state index in [0.717, 1.165) is 12.8 Å². The summed E-state index contributed by atoms with van der Waals surface area (Å²) in [6.07, 6.45) is 8.50. The van der Waals surface area contributed by atoms with E-state index in [1.54, 1.807) is 18.2 Å². The van der Waals surface area contributed by atoms with Gasteiger partial charge in [0, 0.05) is 0 Å². The molecular weight excluding hydrogens is 320 g/mol. The molecule has 0 aliphatic heterocycles. The molecule has 3 nitrogen and oxygen atoms in total. The van der Waals surface area contributed by atoms with Gasteiger partial charge in [0.1, 0.15) is 11.3 Å². The van der Waals surface area contributed by atoms with Crippen molar-refractivity contribution in [2.45, 2.75) is 51.9 Å². The van der Waals surface area contributed by atoms with Crippen LogP contribution in [-0.2, 0) is 0 Å². The van der Waals surface area contributed by atoms with Crippen molar-refractivity contribution in [1.82, 2.24) is 0 Å². The molecule has 0 unspecified atom stereocenters. The maximum atomic E-state index is 11.1. The Bertz CT molecular complexity index is 418. The van der Waals surface area contributed by atoms with Gasteiger partial charge < -0.3 is 9.84 Å². The van der Waals surface area contributed by atoms with Gasteiger partial charge >= 0.3 is 5.97 Å². The van der Waals surface area contributed by atoms with E-state index in [0.29, 0.717) is 16.8 Å². The average molecular weight is 343 g/mol. The third-order valence-corrected chi connectivity index (χ3v) is 3.82. The third-order valence-electron chi connectivity index (χ3n) is 3.19. The molecule has 0 aliphatic carbocycles. The molecule has 1 aromatic carbocycles. The number of halogens is 1. The predicted molar refractivity (Wildman–Crippen MR) is 84.6 cm³/mol. The lowest BCUT2D eigenvalue weighted by Gasteiger charge is -2.10. The monoisotopic (exact) mass is 342 g/mol. The van der Waals surface area contributed by atoms with Crippen LogP contribution in [0.1, 0.15) is 62.2 Å². The molecule has 4 heteroatoms. The van der Waals surface area contributed by atoms with Crippen LogP contribution in [0.2, 0.25) is 0 Å². The number of rotatable bonds is 10. The van der Waals surface area contributed by atoms with Crippen molar-refractivity contribution in [3.63, 3.8) is 0 Å². The highest BCUT2D eigenvalue weighted by molar-refractivity contribution is 9.10. The van der Waals surface area contributed by atoms with E-state index in [-0.39, 0.29) is 5.56 Å². The molecule has 0 saturated carbocycles. The first-order chi connectivity index (χ1) is 9.66. The predicted octanol–water partition coefficient (Wildman–Crippen LogP) is 5.28. The fourth-order valence-electron chi connectivity index (χ4n) is 2.06. The topological polar surface area (TPSA) is 46.5 Å². The zero-order chi connectivity index (χ0) is 14.8. The van der Waals surface area contributed by atoms with Crippen LogP contribution in [0, 0.1) is 0 Å². The van der Waals surface area contributed by atoms with E-state index in [1.165, 1.54) is 32.1 Å². The van der Waals surface area contributed by atoms with Crippen LogP contribution in [0.4, 0.5) is 0 Å². The lowest BCUT2D eigenvalue weighted by molar-refractivity contribution is 0.0692. The molecule has 20 heavy (non-hydrogen) atoms. The van der Waals surface area contributed by atoms with Gasteiger partial charge in [0.05, 0.1) is 11.1 Å². The van der Waals surface area contributed by atoms with Crippen molar-refractivity contribution >= 4 is 21.9 Å². The van der Waals surface area contributed by atoms with Gasteiger partial charge in [0.2, 0.25) is 0 Å². The van der Waals surface area contributed by atoms with Gasteiger partial charge in [-0.05, 0) is 34.5 Å². The van der Waals surface area contributed by atoms with Gasteiger partial charge in [-0.15, -0.1) is 0 Å². The summed E-state index contributed by atoms with van der Waals surface area (Å²) in [6, 6.07) is 5.06. The fourth-order valence-corrected chi connectivity index (χ4v) is 2.54. The summed E-state index contributed by atoms with van der Waals surface area (Å²) in [5.74, 6) is -0.521. The summed E-state index contributed by atoms with van der Waals surface area (Å²) in [7, 11) is 0. The minimum atomic E-state index is -0.958. The number of ether oxygens (including phenoxy) is 1. The average Bonchev–Trinajstić information content (AvgIpc) is 2.43. The number of carboxylic acids is 1. The lowest BCUT2D eigenvalue weighted by atomic mass is 10.1. The molecule has 1 rings (SSSR count). The molecular formula is C16H23BrO3. The van der Waals surface area contributed by atoms with Gasteiger partial charge in [-0.25, -0.2) is 4.79 Å². The smallest absolute Gasteiger partial charge is 0.339 e. The third kappa shape index (κ3) is 5.95. The number of benzene rings is 1. The molecule has 0 amide bonds. The normalized spacial score (nSPS) is 10.5. The minimum Gasteiger partial charge on any atom is -0.491 e. The standard InChI is InChI=1S/C16H23BrO3/c1-2-3-4-5-6-7-8-12-20-15-13(16(18)19)10-9-11-14(15)17/h9-11H,2-8,12H2,1H3,(H,18,19). The molecule has 0 aliphatic rings. The van der Waals surface area contributed by atoms with Crippen molar-refractivity contribution in [2.24, 2.45) is 0 Å². The largest absolute Gasteiger partial charge is 0.491 e. The molecule has 0 radical (unpaired) electrons. The number of carbonyl (C=O) groups is 1. The Morgan fingerprint density at radius 2 is 1.80 bits per heavy atom. The number of hydrogen-bond donors (Lipinski definition) is 1. The molecule has 0 heterocycles. The van der Waals surface area contributed by atoms with Crippen LogP contribution in [0.5, 0.6) is 5.75 Å². The zero-order valence-corrected chi connectivity index (χ0v) is 13.6. The summed E-state index contributed by atoms with van der Waals surface area (Å²) in [6.45, 7) is 2.78. The maximum absolute atomic E-state index is 11.1. The van der Waals surface area contributed by atoms with Crippen molar-refractivity contribution in [1.29, 1.82) is 0 Å². The summed E-state index contributed by atoms with van der Waals surface area (Å²) in [5, 5.41) is 9.11. The number of aromatic carboxylic acids is 1. The Kier molecular flexibility index (Phi) is 8.35. The van der Waals surface area contributed by atoms with E-state index < -0.39 is 5.97 Å². The first-order valence-corrected chi connectivity index (χ1v) is 8.10. The van der Waals surface area contributed by atoms with E-state index >= 15 is 0 Å². The SMILES string of the molecule is CCCCCCCCCOc1c(Br)cccc1C(=O)O. The molecule has 0 bridgehead atoms. The van der Waals surface area contributed by atoms with Crippen LogP contribution in [-0.4, -0.2) is 17.7 Å². The van der Waals surface area contributed by atoms with Gasteiger partial charge in [-0.2, -0.15) is 0 Å². The second kappa shape index (κ2) is 9.81. The molecule has 0 atom stereocenters. The Labute approximate surface area is 129 Å². The summed E-state index contributed by atoms with van der Waals surface area (Å²) in [5.41, 5.74) is 0.210.